The van der Waals surface area contributed by atoms with Crippen molar-refractivity contribution in [2.24, 2.45) is 5.92 Å². The van der Waals surface area contributed by atoms with Gasteiger partial charge in [0.25, 0.3) is 0 Å². The highest BCUT2D eigenvalue weighted by atomic mass is 19.4. The average Bonchev–Trinajstić information content (AvgIpc) is 3.05. The molecule has 10 heteroatoms. The molecule has 2 heterocycles. The van der Waals surface area contributed by atoms with Gasteiger partial charge in [0.1, 0.15) is 5.82 Å². The van der Waals surface area contributed by atoms with E-state index in [1.54, 1.807) is 0 Å². The molecule has 2 aliphatic rings. The van der Waals surface area contributed by atoms with Gasteiger partial charge in [-0.2, -0.15) is 18.7 Å². The van der Waals surface area contributed by atoms with Gasteiger partial charge in [-0.1, -0.05) is 0 Å². The van der Waals surface area contributed by atoms with Gasteiger partial charge in [-0.3, -0.25) is 4.79 Å². The lowest BCUT2D eigenvalue weighted by molar-refractivity contribution is -0.137. The fraction of sp³-hybridized carbons (Fsp3) is 0.600. The molecule has 2 fully saturated rings. The minimum absolute atomic E-state index is 0.0639. The maximum absolute atomic E-state index is 12.9. The molecule has 1 aromatic rings. The van der Waals surface area contributed by atoms with E-state index in [4.69, 9.17) is 0 Å². The number of nitrogens with one attached hydrogen (secondary N) is 5. The summed E-state index contributed by atoms with van der Waals surface area (Å²) < 4.78 is 38.6. The number of hydrogen-bond acceptors (Lipinski definition) is 6. The van der Waals surface area contributed by atoms with Crippen molar-refractivity contribution >= 4 is 11.7 Å². The molecule has 138 valence electrons. The van der Waals surface area contributed by atoms with E-state index in [2.05, 4.69) is 32.0 Å². The smallest absolute Gasteiger partial charge is 0.368 e. The van der Waals surface area contributed by atoms with E-state index in [1.807, 2.05) is 0 Å². The zero-order valence-corrected chi connectivity index (χ0v) is 13.5. The van der Waals surface area contributed by atoms with Crippen LogP contribution >= 0.6 is 0 Å². The van der Waals surface area contributed by atoms with Crippen LogP contribution in [-0.4, -0.2) is 36.1 Å². The number of aromatic nitrogens is 1. The van der Waals surface area contributed by atoms with E-state index in [-0.39, 0.29) is 36.8 Å². The third kappa shape index (κ3) is 4.39. The van der Waals surface area contributed by atoms with Crippen LogP contribution in [0.15, 0.2) is 18.3 Å². The Labute approximate surface area is 143 Å². The van der Waals surface area contributed by atoms with Crippen LogP contribution in [0.25, 0.3) is 0 Å². The van der Waals surface area contributed by atoms with Crippen LogP contribution in [0.4, 0.5) is 19.0 Å². The predicted octanol–water partition coefficient (Wildman–Crippen LogP) is 0.778. The molecule has 5 N–H and O–H groups in total. The number of anilines is 1. The molecule has 1 aliphatic carbocycles. The zero-order chi connectivity index (χ0) is 17.9. The molecule has 25 heavy (non-hydrogen) atoms. The molecular formula is C15H21F3N6O. The molecule has 1 aliphatic heterocycles. The summed E-state index contributed by atoms with van der Waals surface area (Å²) >= 11 is 0. The molecular weight excluding hydrogens is 337 g/mol. The second-order valence-corrected chi connectivity index (χ2v) is 6.25. The van der Waals surface area contributed by atoms with Crippen LogP contribution in [-0.2, 0) is 11.0 Å². The van der Waals surface area contributed by atoms with Crippen LogP contribution in [0.5, 0.6) is 0 Å². The van der Waals surface area contributed by atoms with Crippen molar-refractivity contribution in [1.29, 1.82) is 0 Å². The van der Waals surface area contributed by atoms with Gasteiger partial charge < -0.3 is 10.6 Å². The van der Waals surface area contributed by atoms with Crippen molar-refractivity contribution in [2.45, 2.75) is 37.5 Å². The zero-order valence-electron chi connectivity index (χ0n) is 13.5. The molecule has 0 spiro atoms. The Morgan fingerprint density at radius 1 is 1.24 bits per heavy atom. The summed E-state index contributed by atoms with van der Waals surface area (Å²) in [6.07, 6.45) is -0.762. The summed E-state index contributed by atoms with van der Waals surface area (Å²) in [6.45, 7) is 0.410. The largest absolute Gasteiger partial charge is 0.419 e. The number of halogens is 3. The number of nitrogens with zero attached hydrogens (tertiary/aromatic N) is 1. The van der Waals surface area contributed by atoms with E-state index < -0.39 is 11.7 Å². The molecule has 3 atom stereocenters. The summed E-state index contributed by atoms with van der Waals surface area (Å²) in [5, 5.41) is 5.42. The van der Waals surface area contributed by atoms with Crippen LogP contribution in [0, 0.1) is 5.92 Å². The Kier molecular flexibility index (Phi) is 5.40. The Balaban J connectivity index is 1.44. The lowest BCUT2D eigenvalue weighted by atomic mass is 9.82. The number of rotatable bonds is 5. The lowest BCUT2D eigenvalue weighted by Crippen LogP contribution is -2.44. The molecule has 3 rings (SSSR count). The first-order valence-electron chi connectivity index (χ1n) is 8.25. The molecule has 3 unspecified atom stereocenters. The quantitative estimate of drug-likeness (QED) is 0.500. The number of carbonyl (C=O) groups excluding carboxylic acids is 1. The molecule has 1 amide bonds. The number of hydrazine groups is 2. The SMILES string of the molecule is O=C(NCCNc1ncccc1C(F)(F)F)C1CCC2NNNC2C1. The second kappa shape index (κ2) is 7.54. The maximum Gasteiger partial charge on any atom is 0.419 e. The second-order valence-electron chi connectivity index (χ2n) is 6.25. The Morgan fingerprint density at radius 2 is 2.04 bits per heavy atom. The highest BCUT2D eigenvalue weighted by Crippen LogP contribution is 2.33. The molecule has 7 nitrogen and oxygen atoms in total. The molecule has 1 aromatic heterocycles. The summed E-state index contributed by atoms with van der Waals surface area (Å²) in [6, 6.07) is 2.76. The highest BCUT2D eigenvalue weighted by molar-refractivity contribution is 5.78. The molecule has 0 aromatic carbocycles. The Morgan fingerprint density at radius 3 is 2.84 bits per heavy atom. The van der Waals surface area contributed by atoms with Crippen molar-refractivity contribution in [3.05, 3.63) is 23.9 Å². The average molecular weight is 358 g/mol. The van der Waals surface area contributed by atoms with Crippen molar-refractivity contribution in [1.82, 2.24) is 26.7 Å². The number of amides is 1. The van der Waals surface area contributed by atoms with E-state index >= 15 is 0 Å². The van der Waals surface area contributed by atoms with Crippen LogP contribution in [0.3, 0.4) is 0 Å². The van der Waals surface area contributed by atoms with Gasteiger partial charge in [0, 0.05) is 37.3 Å². The minimum Gasteiger partial charge on any atom is -0.368 e. The first-order valence-corrected chi connectivity index (χ1v) is 8.25. The summed E-state index contributed by atoms with van der Waals surface area (Å²) in [7, 11) is 0. The minimum atomic E-state index is -4.46. The molecule has 0 bridgehead atoms. The van der Waals surface area contributed by atoms with E-state index in [0.717, 1.165) is 25.3 Å². The summed E-state index contributed by atoms with van der Waals surface area (Å²) in [5.41, 5.74) is 8.25. The first kappa shape index (κ1) is 17.9. The Bertz CT molecular complexity index is 611. The number of carbonyl (C=O) groups is 1. The van der Waals surface area contributed by atoms with Gasteiger partial charge in [0.2, 0.25) is 5.91 Å². The molecule has 0 radical (unpaired) electrons. The van der Waals surface area contributed by atoms with Crippen molar-refractivity contribution in [3.8, 4) is 0 Å². The first-order chi connectivity index (χ1) is 11.9. The normalized spacial score (nSPS) is 26.1. The number of fused-ring (bicyclic) bond motifs is 1. The number of hydrogen-bond donors (Lipinski definition) is 5. The standard InChI is InChI=1S/C15H21F3N6O/c16-15(17,18)10-2-1-5-19-13(10)20-6-7-21-14(25)9-3-4-11-12(8-9)23-24-22-11/h1-2,5,9,11-12,22-24H,3-4,6-8H2,(H,19,20)(H,21,25). The van der Waals surface area contributed by atoms with Crippen LogP contribution < -0.4 is 27.0 Å². The van der Waals surface area contributed by atoms with Gasteiger partial charge in [0.05, 0.1) is 5.56 Å². The summed E-state index contributed by atoms with van der Waals surface area (Å²) in [5.74, 6) is -0.376. The third-order valence-corrected chi connectivity index (χ3v) is 4.57. The van der Waals surface area contributed by atoms with Crippen molar-refractivity contribution < 1.29 is 18.0 Å². The van der Waals surface area contributed by atoms with Gasteiger partial charge in [-0.25, -0.2) is 15.8 Å². The topological polar surface area (TPSA) is 90.1 Å². The van der Waals surface area contributed by atoms with Gasteiger partial charge in [-0.05, 0) is 31.4 Å². The monoisotopic (exact) mass is 358 g/mol. The summed E-state index contributed by atoms with van der Waals surface area (Å²) in [4.78, 5) is 15.9. The van der Waals surface area contributed by atoms with Gasteiger partial charge >= 0.3 is 6.18 Å². The highest BCUT2D eigenvalue weighted by Gasteiger charge is 2.36. The van der Waals surface area contributed by atoms with Crippen LogP contribution in [0.2, 0.25) is 0 Å². The predicted molar refractivity (Wildman–Crippen MR) is 85.1 cm³/mol. The van der Waals surface area contributed by atoms with E-state index in [0.29, 0.717) is 6.04 Å². The maximum atomic E-state index is 12.9. The van der Waals surface area contributed by atoms with Crippen molar-refractivity contribution in [3.63, 3.8) is 0 Å². The molecule has 1 saturated carbocycles. The fourth-order valence-corrected chi connectivity index (χ4v) is 3.25. The fourth-order valence-electron chi connectivity index (χ4n) is 3.25. The number of pyridine rings is 1. The van der Waals surface area contributed by atoms with Crippen molar-refractivity contribution in [2.75, 3.05) is 18.4 Å². The number of alkyl halides is 3. The third-order valence-electron chi connectivity index (χ3n) is 4.57. The van der Waals surface area contributed by atoms with Gasteiger partial charge in [0.15, 0.2) is 0 Å². The Hall–Kier alpha value is -1.91. The van der Waals surface area contributed by atoms with E-state index in [9.17, 15) is 18.0 Å². The molecule has 1 saturated heterocycles. The lowest BCUT2D eigenvalue weighted by Gasteiger charge is -2.29. The van der Waals surface area contributed by atoms with E-state index in [1.165, 1.54) is 12.3 Å². The van der Waals surface area contributed by atoms with Crippen LogP contribution in [0.1, 0.15) is 24.8 Å². The van der Waals surface area contributed by atoms with Gasteiger partial charge in [-0.15, -0.1) is 0 Å².